The Morgan fingerprint density at radius 3 is 2.82 bits per heavy atom. The minimum absolute atomic E-state index is 0.984. The zero-order chi connectivity index (χ0) is 8.27. The number of anilines is 1. The van der Waals surface area contributed by atoms with E-state index in [9.17, 15) is 0 Å². The zero-order valence-electron chi connectivity index (χ0n) is 6.10. The molecule has 1 aromatic rings. The molecule has 60 valence electrons. The fourth-order valence-corrected chi connectivity index (χ4v) is 1.67. The second-order valence-corrected chi connectivity index (χ2v) is 4.03. The highest BCUT2D eigenvalue weighted by Gasteiger charge is 1.97. The minimum atomic E-state index is 0.984. The first-order chi connectivity index (χ1) is 5.27. The smallest absolute Gasteiger partial charge is 0.0629 e. The quantitative estimate of drug-likeness (QED) is 0.378. The predicted molar refractivity (Wildman–Crippen MR) is 58.8 cm³/mol. The Morgan fingerprint density at radius 2 is 2.27 bits per heavy atom. The lowest BCUT2D eigenvalue weighted by atomic mass is 10.3. The number of rotatable bonds is 2. The molecule has 0 aliphatic carbocycles. The van der Waals surface area contributed by atoms with E-state index in [2.05, 4.69) is 34.1 Å². The highest BCUT2D eigenvalue weighted by atomic mass is 127. The second-order valence-electron chi connectivity index (χ2n) is 1.99. The van der Waals surface area contributed by atoms with Crippen LogP contribution in [0.15, 0.2) is 23.1 Å². The van der Waals surface area contributed by atoms with Gasteiger partial charge >= 0.3 is 0 Å². The van der Waals surface area contributed by atoms with Crippen LogP contribution in [0.3, 0.4) is 0 Å². The predicted octanol–water partition coefficient (Wildman–Crippen LogP) is 2.30. The number of hydrazine groups is 1. The van der Waals surface area contributed by atoms with Crippen molar-refractivity contribution in [3.63, 3.8) is 0 Å². The number of nitrogens with two attached hydrogens (primary N) is 1. The molecule has 1 aromatic carbocycles. The molecule has 0 radical (unpaired) electrons. The lowest BCUT2D eigenvalue weighted by Gasteiger charge is -2.04. The van der Waals surface area contributed by atoms with E-state index < -0.39 is 0 Å². The Kier molecular flexibility index (Phi) is 3.47. The van der Waals surface area contributed by atoms with Gasteiger partial charge in [0, 0.05) is 8.47 Å². The van der Waals surface area contributed by atoms with Gasteiger partial charge in [0.1, 0.15) is 0 Å². The fraction of sp³-hybridized carbons (Fsp3) is 0.143. The van der Waals surface area contributed by atoms with Gasteiger partial charge in [0.2, 0.25) is 0 Å². The van der Waals surface area contributed by atoms with Crippen LogP contribution >= 0.6 is 34.4 Å². The average Bonchev–Trinajstić information content (AvgIpc) is 2.05. The summed E-state index contributed by atoms with van der Waals surface area (Å²) in [5.74, 6) is 5.31. The molecule has 0 aliphatic heterocycles. The summed E-state index contributed by atoms with van der Waals surface area (Å²) in [5.41, 5.74) is 3.63. The van der Waals surface area contributed by atoms with E-state index in [1.807, 2.05) is 18.4 Å². The van der Waals surface area contributed by atoms with Crippen molar-refractivity contribution in [2.24, 2.45) is 5.84 Å². The minimum Gasteiger partial charge on any atom is -0.323 e. The molecule has 2 nitrogen and oxygen atoms in total. The van der Waals surface area contributed by atoms with Crippen LogP contribution < -0.4 is 11.3 Å². The van der Waals surface area contributed by atoms with Crippen LogP contribution in [0.25, 0.3) is 0 Å². The van der Waals surface area contributed by atoms with Crippen LogP contribution in [0.5, 0.6) is 0 Å². The van der Waals surface area contributed by atoms with Gasteiger partial charge in [-0.15, -0.1) is 11.8 Å². The number of hydrogen-bond acceptors (Lipinski definition) is 3. The monoisotopic (exact) mass is 280 g/mol. The number of benzene rings is 1. The van der Waals surface area contributed by atoms with E-state index in [4.69, 9.17) is 5.84 Å². The van der Waals surface area contributed by atoms with Crippen LogP contribution in [0.1, 0.15) is 0 Å². The summed E-state index contributed by atoms with van der Waals surface area (Å²) in [6.07, 6.45) is 2.04. The van der Waals surface area contributed by atoms with Gasteiger partial charge in [0.25, 0.3) is 0 Å². The number of nitrogens with one attached hydrogen (secondary N) is 1. The third kappa shape index (κ3) is 2.25. The Hall–Kier alpha value is 0.0600. The molecule has 0 aliphatic rings. The van der Waals surface area contributed by atoms with E-state index in [-0.39, 0.29) is 0 Å². The number of halogens is 1. The summed E-state index contributed by atoms with van der Waals surface area (Å²) < 4.78 is 1.14. The van der Waals surface area contributed by atoms with Crippen LogP contribution in [0.4, 0.5) is 5.69 Å². The van der Waals surface area contributed by atoms with Crippen molar-refractivity contribution in [3.05, 3.63) is 21.8 Å². The Bertz CT molecular complexity index is 252. The van der Waals surface area contributed by atoms with Gasteiger partial charge in [0.15, 0.2) is 0 Å². The normalized spacial score (nSPS) is 9.73. The maximum absolute atomic E-state index is 5.31. The fourth-order valence-electron chi connectivity index (χ4n) is 0.742. The van der Waals surface area contributed by atoms with Crippen LogP contribution in [0.2, 0.25) is 0 Å². The van der Waals surface area contributed by atoms with Crippen LogP contribution in [0, 0.1) is 3.57 Å². The van der Waals surface area contributed by atoms with Gasteiger partial charge in [-0.25, -0.2) is 0 Å². The molecule has 4 heteroatoms. The maximum Gasteiger partial charge on any atom is 0.0629 e. The van der Waals surface area contributed by atoms with Gasteiger partial charge in [0.05, 0.1) is 5.69 Å². The van der Waals surface area contributed by atoms with Crippen molar-refractivity contribution < 1.29 is 0 Å². The topological polar surface area (TPSA) is 38.0 Å². The molecule has 0 amide bonds. The van der Waals surface area contributed by atoms with E-state index in [1.54, 1.807) is 11.8 Å². The van der Waals surface area contributed by atoms with Crippen molar-refractivity contribution >= 4 is 40.0 Å². The molecular weight excluding hydrogens is 271 g/mol. The van der Waals surface area contributed by atoms with Crippen molar-refractivity contribution in [1.29, 1.82) is 0 Å². The number of nitrogen functional groups attached to an aromatic ring is 1. The molecule has 0 saturated carbocycles. The third-order valence-corrected chi connectivity index (χ3v) is 3.00. The lowest BCUT2D eigenvalue weighted by Crippen LogP contribution is -2.07. The van der Waals surface area contributed by atoms with E-state index in [1.165, 1.54) is 4.90 Å². The molecule has 0 unspecified atom stereocenters. The van der Waals surface area contributed by atoms with Crippen molar-refractivity contribution in [3.8, 4) is 0 Å². The molecule has 0 atom stereocenters. The Balaban J connectivity index is 3.02. The van der Waals surface area contributed by atoms with E-state index in [0.29, 0.717) is 0 Å². The third-order valence-electron chi connectivity index (χ3n) is 1.33. The van der Waals surface area contributed by atoms with Gasteiger partial charge < -0.3 is 5.43 Å². The number of thioether (sulfide) groups is 1. The first-order valence-electron chi connectivity index (χ1n) is 3.08. The van der Waals surface area contributed by atoms with Gasteiger partial charge in [-0.05, 0) is 47.0 Å². The zero-order valence-corrected chi connectivity index (χ0v) is 9.07. The summed E-state index contributed by atoms with van der Waals surface area (Å²) in [4.78, 5) is 1.22. The molecule has 0 fully saturated rings. The first-order valence-corrected chi connectivity index (χ1v) is 5.38. The summed E-state index contributed by atoms with van der Waals surface area (Å²) in [7, 11) is 0. The summed E-state index contributed by atoms with van der Waals surface area (Å²) in [5, 5.41) is 0. The van der Waals surface area contributed by atoms with Crippen LogP contribution in [-0.2, 0) is 0 Å². The Labute approximate surface area is 84.0 Å². The molecule has 0 saturated heterocycles. The van der Waals surface area contributed by atoms with Crippen LogP contribution in [-0.4, -0.2) is 6.26 Å². The number of hydrogen-bond donors (Lipinski definition) is 2. The SMILES string of the molecule is CSc1ccc(I)c(NN)c1. The molecule has 1 rings (SSSR count). The summed E-state index contributed by atoms with van der Waals surface area (Å²) in [6.45, 7) is 0. The molecule has 0 spiro atoms. The average molecular weight is 280 g/mol. The lowest BCUT2D eigenvalue weighted by molar-refractivity contribution is 1.31. The molecular formula is C7H9IN2S. The highest BCUT2D eigenvalue weighted by molar-refractivity contribution is 14.1. The first kappa shape index (κ1) is 9.15. The highest BCUT2D eigenvalue weighted by Crippen LogP contribution is 2.23. The van der Waals surface area contributed by atoms with Crippen molar-refractivity contribution in [2.45, 2.75) is 4.90 Å². The molecule has 11 heavy (non-hydrogen) atoms. The summed E-state index contributed by atoms with van der Waals surface area (Å²) >= 11 is 3.95. The second kappa shape index (κ2) is 4.18. The molecule has 0 heterocycles. The molecule has 0 bridgehead atoms. The maximum atomic E-state index is 5.31. The standard InChI is InChI=1S/C7H9IN2S/c1-11-5-2-3-6(8)7(4-5)10-9/h2-4,10H,9H2,1H3. The van der Waals surface area contributed by atoms with Crippen molar-refractivity contribution in [2.75, 3.05) is 11.7 Å². The van der Waals surface area contributed by atoms with E-state index >= 15 is 0 Å². The van der Waals surface area contributed by atoms with Gasteiger partial charge in [-0.3, -0.25) is 5.84 Å². The van der Waals surface area contributed by atoms with Gasteiger partial charge in [-0.2, -0.15) is 0 Å². The Morgan fingerprint density at radius 1 is 1.55 bits per heavy atom. The van der Waals surface area contributed by atoms with E-state index in [0.717, 1.165) is 9.26 Å². The summed E-state index contributed by atoms with van der Waals surface area (Å²) in [6, 6.07) is 6.15. The van der Waals surface area contributed by atoms with Gasteiger partial charge in [-0.1, -0.05) is 0 Å². The van der Waals surface area contributed by atoms with Crippen molar-refractivity contribution in [1.82, 2.24) is 0 Å². The largest absolute Gasteiger partial charge is 0.323 e. The molecule has 0 aromatic heterocycles. The molecule has 3 N–H and O–H groups in total.